The number of carbonyl (C=O) groups is 1. The van der Waals surface area contributed by atoms with Gasteiger partial charge in [0, 0.05) is 22.0 Å². The Hall–Kier alpha value is -3.19. The topological polar surface area (TPSA) is 82.3 Å². The molecule has 0 bridgehead atoms. The van der Waals surface area contributed by atoms with Gasteiger partial charge in [0.25, 0.3) is 0 Å². The number of hydrogen-bond acceptors (Lipinski definition) is 6. The van der Waals surface area contributed by atoms with E-state index in [-0.39, 0.29) is 12.6 Å². The molecule has 7 nitrogen and oxygen atoms in total. The molecule has 0 atom stereocenters. The quantitative estimate of drug-likeness (QED) is 0.559. The van der Waals surface area contributed by atoms with Crippen molar-refractivity contribution in [3.05, 3.63) is 52.7 Å². The van der Waals surface area contributed by atoms with Gasteiger partial charge in [-0.25, -0.2) is 5.43 Å². The first-order valence-corrected chi connectivity index (χ1v) is 8.02. The molecule has 26 heavy (non-hydrogen) atoms. The van der Waals surface area contributed by atoms with E-state index in [9.17, 15) is 4.79 Å². The number of benzene rings is 2. The first-order chi connectivity index (χ1) is 12.6. The van der Waals surface area contributed by atoms with Gasteiger partial charge in [-0.15, -0.1) is 0 Å². The van der Waals surface area contributed by atoms with Crippen molar-refractivity contribution in [2.45, 2.75) is 0 Å². The van der Waals surface area contributed by atoms with Crippen LogP contribution >= 0.6 is 11.6 Å². The summed E-state index contributed by atoms with van der Waals surface area (Å²) in [5.74, 6) is 1.40. The first-order valence-electron chi connectivity index (χ1n) is 7.64. The zero-order chi connectivity index (χ0) is 18.1. The lowest BCUT2D eigenvalue weighted by Gasteiger charge is -2.05. The highest BCUT2D eigenvalue weighted by molar-refractivity contribution is 6.31. The number of ether oxygens (including phenoxy) is 3. The van der Waals surface area contributed by atoms with Crippen molar-refractivity contribution in [3.63, 3.8) is 0 Å². The summed E-state index contributed by atoms with van der Waals surface area (Å²) in [5, 5.41) is 5.26. The number of hydrogen-bond donors (Lipinski definition) is 1. The molecule has 3 aromatic rings. The SMILES string of the molecule is COc1cc2c(cc1/C=N/NC(=O)c1cc3cc(Cl)ccc3o1)OCO2. The molecule has 0 unspecified atom stereocenters. The molecule has 1 amide bonds. The third kappa shape index (κ3) is 3.04. The predicted octanol–water partition coefficient (Wildman–Crippen LogP) is 3.59. The van der Waals surface area contributed by atoms with Gasteiger partial charge in [0.05, 0.1) is 13.3 Å². The monoisotopic (exact) mass is 372 g/mol. The Labute approximate surface area is 153 Å². The highest BCUT2D eigenvalue weighted by Gasteiger charge is 2.17. The van der Waals surface area contributed by atoms with Crippen LogP contribution in [-0.4, -0.2) is 26.0 Å². The highest BCUT2D eigenvalue weighted by Crippen LogP contribution is 2.37. The van der Waals surface area contributed by atoms with Crippen LogP contribution in [0.5, 0.6) is 17.2 Å². The molecule has 8 heteroatoms. The number of amides is 1. The van der Waals surface area contributed by atoms with Crippen LogP contribution in [0.15, 0.2) is 45.9 Å². The smallest absolute Gasteiger partial charge is 0.307 e. The van der Waals surface area contributed by atoms with Crippen LogP contribution in [0, 0.1) is 0 Å². The number of fused-ring (bicyclic) bond motifs is 2. The number of nitrogens with one attached hydrogen (secondary N) is 1. The molecular formula is C18H13ClN2O5. The van der Waals surface area contributed by atoms with Crippen molar-refractivity contribution in [2.75, 3.05) is 13.9 Å². The lowest BCUT2D eigenvalue weighted by molar-refractivity contribution is 0.0929. The Kier molecular flexibility index (Phi) is 4.14. The second-order valence-electron chi connectivity index (χ2n) is 5.44. The van der Waals surface area contributed by atoms with Gasteiger partial charge in [-0.3, -0.25) is 4.79 Å². The van der Waals surface area contributed by atoms with Crippen LogP contribution in [0.1, 0.15) is 16.1 Å². The third-order valence-electron chi connectivity index (χ3n) is 3.80. The Balaban J connectivity index is 1.51. The number of furan rings is 1. The molecule has 0 fully saturated rings. The van der Waals surface area contributed by atoms with E-state index in [1.165, 1.54) is 13.3 Å². The molecule has 1 N–H and O–H groups in total. The standard InChI is InChI=1S/C18H13ClN2O5/c1-23-14-7-16-15(24-9-25-16)6-11(14)8-20-21-18(22)17-5-10-4-12(19)2-3-13(10)26-17/h2-8H,9H2,1H3,(H,21,22)/b20-8+. The minimum atomic E-state index is -0.478. The molecule has 0 saturated heterocycles. The summed E-state index contributed by atoms with van der Waals surface area (Å²) in [4.78, 5) is 12.2. The molecule has 0 radical (unpaired) electrons. The van der Waals surface area contributed by atoms with E-state index in [0.717, 1.165) is 5.39 Å². The van der Waals surface area contributed by atoms with E-state index in [2.05, 4.69) is 10.5 Å². The Morgan fingerprint density at radius 2 is 2.04 bits per heavy atom. The van der Waals surface area contributed by atoms with Crippen molar-refractivity contribution in [2.24, 2.45) is 5.10 Å². The Morgan fingerprint density at radius 3 is 2.85 bits per heavy atom. The Bertz CT molecular complexity index is 1030. The molecule has 4 rings (SSSR count). The maximum absolute atomic E-state index is 12.2. The average Bonchev–Trinajstić information content (AvgIpc) is 3.26. The predicted molar refractivity (Wildman–Crippen MR) is 95.4 cm³/mol. The van der Waals surface area contributed by atoms with Crippen molar-refractivity contribution in [1.29, 1.82) is 0 Å². The molecular weight excluding hydrogens is 360 g/mol. The fourth-order valence-corrected chi connectivity index (χ4v) is 2.74. The fraction of sp³-hybridized carbons (Fsp3) is 0.111. The van der Waals surface area contributed by atoms with E-state index >= 15 is 0 Å². The van der Waals surface area contributed by atoms with Gasteiger partial charge >= 0.3 is 5.91 Å². The van der Waals surface area contributed by atoms with E-state index in [4.69, 9.17) is 30.2 Å². The Morgan fingerprint density at radius 1 is 1.23 bits per heavy atom. The lowest BCUT2D eigenvalue weighted by Crippen LogP contribution is -2.16. The average molecular weight is 373 g/mol. The number of rotatable bonds is 4. The summed E-state index contributed by atoms with van der Waals surface area (Å²) >= 11 is 5.93. The zero-order valence-electron chi connectivity index (χ0n) is 13.6. The van der Waals surface area contributed by atoms with Crippen LogP contribution in [0.2, 0.25) is 5.02 Å². The van der Waals surface area contributed by atoms with E-state index < -0.39 is 5.91 Å². The normalized spacial score (nSPS) is 12.7. The van der Waals surface area contributed by atoms with Crippen molar-refractivity contribution in [3.8, 4) is 17.2 Å². The van der Waals surface area contributed by atoms with Gasteiger partial charge in [-0.1, -0.05) is 11.6 Å². The van der Waals surface area contributed by atoms with E-state index in [1.807, 2.05) is 0 Å². The second-order valence-corrected chi connectivity index (χ2v) is 5.88. The molecule has 132 valence electrons. The third-order valence-corrected chi connectivity index (χ3v) is 4.03. The van der Waals surface area contributed by atoms with Crippen molar-refractivity contribution in [1.82, 2.24) is 5.43 Å². The second kappa shape index (κ2) is 6.61. The van der Waals surface area contributed by atoms with Gasteiger partial charge in [0.1, 0.15) is 11.3 Å². The molecule has 1 aliphatic rings. The van der Waals surface area contributed by atoms with Crippen LogP contribution < -0.4 is 19.6 Å². The zero-order valence-corrected chi connectivity index (χ0v) is 14.4. The summed E-state index contributed by atoms with van der Waals surface area (Å²) in [6, 6.07) is 10.1. The summed E-state index contributed by atoms with van der Waals surface area (Å²) in [7, 11) is 1.53. The van der Waals surface area contributed by atoms with Crippen molar-refractivity contribution < 1.29 is 23.4 Å². The van der Waals surface area contributed by atoms with Gasteiger partial charge in [0.15, 0.2) is 17.3 Å². The van der Waals surface area contributed by atoms with E-state index in [1.54, 1.807) is 36.4 Å². The fourth-order valence-electron chi connectivity index (χ4n) is 2.56. The summed E-state index contributed by atoms with van der Waals surface area (Å²) < 4.78 is 21.4. The van der Waals surface area contributed by atoms with E-state index in [0.29, 0.717) is 33.4 Å². The van der Waals surface area contributed by atoms with Crippen LogP contribution in [0.4, 0.5) is 0 Å². The molecule has 2 aromatic carbocycles. The minimum absolute atomic E-state index is 0.136. The summed E-state index contributed by atoms with van der Waals surface area (Å²) in [6.07, 6.45) is 1.46. The largest absolute Gasteiger partial charge is 0.496 e. The maximum atomic E-state index is 12.2. The molecule has 0 aliphatic carbocycles. The molecule has 1 aromatic heterocycles. The number of carbonyl (C=O) groups excluding carboxylic acids is 1. The molecule has 2 heterocycles. The summed E-state index contributed by atoms with van der Waals surface area (Å²) in [5.41, 5.74) is 3.62. The molecule has 0 saturated carbocycles. The first kappa shape index (κ1) is 16.3. The number of nitrogens with zero attached hydrogens (tertiary/aromatic N) is 1. The lowest BCUT2D eigenvalue weighted by atomic mass is 10.2. The van der Waals surface area contributed by atoms with Gasteiger partial charge in [-0.2, -0.15) is 5.10 Å². The number of halogens is 1. The number of hydrazone groups is 1. The van der Waals surface area contributed by atoms with Gasteiger partial charge in [-0.05, 0) is 30.3 Å². The minimum Gasteiger partial charge on any atom is -0.496 e. The maximum Gasteiger partial charge on any atom is 0.307 e. The molecule has 0 spiro atoms. The number of methoxy groups -OCH3 is 1. The summed E-state index contributed by atoms with van der Waals surface area (Å²) in [6.45, 7) is 0.159. The molecule has 1 aliphatic heterocycles. The van der Waals surface area contributed by atoms with Gasteiger partial charge in [0.2, 0.25) is 6.79 Å². The highest BCUT2D eigenvalue weighted by atomic mass is 35.5. The van der Waals surface area contributed by atoms with Gasteiger partial charge < -0.3 is 18.6 Å². The van der Waals surface area contributed by atoms with Crippen molar-refractivity contribution >= 4 is 34.7 Å². The van der Waals surface area contributed by atoms with Crippen LogP contribution in [-0.2, 0) is 0 Å². The van der Waals surface area contributed by atoms with Crippen LogP contribution in [0.25, 0.3) is 11.0 Å². The van der Waals surface area contributed by atoms with Crippen LogP contribution in [0.3, 0.4) is 0 Å².